The largest absolute Gasteiger partial charge is 0.462 e. The van der Waals surface area contributed by atoms with Crippen molar-refractivity contribution in [3.63, 3.8) is 0 Å². The van der Waals surface area contributed by atoms with Crippen LogP contribution < -0.4 is 0 Å². The molecular formula is C26H37N3O4S. The number of hydrogen-bond donors (Lipinski definition) is 0. The van der Waals surface area contributed by atoms with Crippen LogP contribution in [-0.2, 0) is 14.3 Å². The topological polar surface area (TPSA) is 70.2 Å². The average molecular weight is 488 g/mol. The van der Waals surface area contributed by atoms with Crippen LogP contribution in [0.2, 0.25) is 0 Å². The van der Waals surface area contributed by atoms with Crippen LogP contribution in [0.4, 0.5) is 0 Å². The van der Waals surface area contributed by atoms with Gasteiger partial charge in [0.15, 0.2) is 0 Å². The van der Waals surface area contributed by atoms with Gasteiger partial charge in [-0.05, 0) is 37.1 Å². The van der Waals surface area contributed by atoms with Gasteiger partial charge in [-0.15, -0.1) is 11.3 Å². The van der Waals surface area contributed by atoms with Crippen molar-refractivity contribution in [3.8, 4) is 0 Å². The maximum Gasteiger partial charge on any atom is 0.345 e. The fourth-order valence-electron chi connectivity index (χ4n) is 5.68. The predicted octanol–water partition coefficient (Wildman–Crippen LogP) is 3.77. The van der Waals surface area contributed by atoms with E-state index in [2.05, 4.69) is 18.7 Å². The Hall–Kier alpha value is -2.35. The number of piperazine rings is 1. The minimum Gasteiger partial charge on any atom is -0.462 e. The second kappa shape index (κ2) is 10.9. The smallest absolute Gasteiger partial charge is 0.345 e. The molecule has 7 nitrogen and oxygen atoms in total. The fourth-order valence-corrected chi connectivity index (χ4v) is 6.37. The van der Waals surface area contributed by atoms with Gasteiger partial charge in [0.2, 0.25) is 0 Å². The Balaban J connectivity index is 1.66. The van der Waals surface area contributed by atoms with Gasteiger partial charge in [0.05, 0.1) is 11.5 Å². The Morgan fingerprint density at radius 2 is 1.85 bits per heavy atom. The molecule has 2 amide bonds. The molecule has 2 atom stereocenters. The Labute approximate surface area is 206 Å². The van der Waals surface area contributed by atoms with Crippen molar-refractivity contribution in [2.24, 2.45) is 11.8 Å². The highest BCUT2D eigenvalue weighted by Gasteiger charge is 2.46. The van der Waals surface area contributed by atoms with E-state index in [0.717, 1.165) is 42.7 Å². The molecule has 0 bridgehead atoms. The quantitative estimate of drug-likeness (QED) is 0.451. The highest BCUT2D eigenvalue weighted by Crippen LogP contribution is 2.41. The van der Waals surface area contributed by atoms with Gasteiger partial charge in [-0.1, -0.05) is 39.2 Å². The van der Waals surface area contributed by atoms with Crippen molar-refractivity contribution in [2.75, 3.05) is 39.3 Å². The van der Waals surface area contributed by atoms with E-state index in [-0.39, 0.29) is 36.0 Å². The van der Waals surface area contributed by atoms with Gasteiger partial charge < -0.3 is 19.4 Å². The first-order chi connectivity index (χ1) is 16.4. The Morgan fingerprint density at radius 1 is 1.12 bits per heavy atom. The van der Waals surface area contributed by atoms with Crippen molar-refractivity contribution in [1.82, 2.24) is 14.7 Å². The lowest BCUT2D eigenvalue weighted by Crippen LogP contribution is -2.57. The Bertz CT molecular complexity index is 918. The maximum absolute atomic E-state index is 13.8. The SMILES string of the molecule is CCOC(=O)C1=C(N2CCN(C(=O)c3cccs3)CC2)C2CCCCCC2N(CC(C)C)C1=O. The molecule has 1 aromatic rings. The first-order valence-corrected chi connectivity index (χ1v) is 13.6. The molecule has 4 rings (SSSR count). The summed E-state index contributed by atoms with van der Waals surface area (Å²) in [6.45, 7) is 9.31. The zero-order valence-corrected chi connectivity index (χ0v) is 21.4. The summed E-state index contributed by atoms with van der Waals surface area (Å²) in [5, 5.41) is 1.92. The third-order valence-corrected chi connectivity index (χ3v) is 8.00. The molecule has 8 heteroatoms. The lowest BCUT2D eigenvalue weighted by atomic mass is 9.82. The van der Waals surface area contributed by atoms with E-state index < -0.39 is 5.97 Å². The third-order valence-electron chi connectivity index (χ3n) is 7.14. The molecule has 2 unspecified atom stereocenters. The summed E-state index contributed by atoms with van der Waals surface area (Å²) in [6, 6.07) is 3.88. The van der Waals surface area contributed by atoms with Crippen LogP contribution in [0.25, 0.3) is 0 Å². The van der Waals surface area contributed by atoms with Crippen LogP contribution in [0.3, 0.4) is 0 Å². The van der Waals surface area contributed by atoms with Gasteiger partial charge in [-0.2, -0.15) is 0 Å². The molecule has 0 radical (unpaired) electrons. The van der Waals surface area contributed by atoms with Gasteiger partial charge in [0, 0.05) is 50.4 Å². The molecule has 0 N–H and O–H groups in total. The molecule has 3 aliphatic rings. The number of esters is 1. The molecule has 1 aliphatic carbocycles. The summed E-state index contributed by atoms with van der Waals surface area (Å²) in [6.07, 6.45) is 5.30. The lowest BCUT2D eigenvalue weighted by Gasteiger charge is -2.48. The molecule has 1 aromatic heterocycles. The van der Waals surface area contributed by atoms with Crippen molar-refractivity contribution in [2.45, 2.75) is 58.9 Å². The Kier molecular flexibility index (Phi) is 7.96. The number of nitrogens with zero attached hydrogens (tertiary/aromatic N) is 3. The molecule has 3 heterocycles. The van der Waals surface area contributed by atoms with Gasteiger partial charge in [0.1, 0.15) is 5.57 Å². The summed E-state index contributed by atoms with van der Waals surface area (Å²) in [7, 11) is 0. The zero-order chi connectivity index (χ0) is 24.2. The number of carbonyl (C=O) groups is 3. The molecule has 34 heavy (non-hydrogen) atoms. The van der Waals surface area contributed by atoms with Crippen LogP contribution in [0, 0.1) is 11.8 Å². The summed E-state index contributed by atoms with van der Waals surface area (Å²) in [4.78, 5) is 46.6. The molecule has 186 valence electrons. The number of hydrogen-bond acceptors (Lipinski definition) is 6. The second-order valence-electron chi connectivity index (χ2n) is 9.90. The minimum atomic E-state index is -0.504. The van der Waals surface area contributed by atoms with Gasteiger partial charge >= 0.3 is 5.97 Å². The van der Waals surface area contributed by atoms with E-state index in [1.807, 2.05) is 27.3 Å². The highest BCUT2D eigenvalue weighted by molar-refractivity contribution is 7.12. The Morgan fingerprint density at radius 3 is 2.50 bits per heavy atom. The van der Waals surface area contributed by atoms with Crippen molar-refractivity contribution in [3.05, 3.63) is 33.7 Å². The van der Waals surface area contributed by atoms with Crippen molar-refractivity contribution >= 4 is 29.1 Å². The van der Waals surface area contributed by atoms with Crippen LogP contribution in [0.1, 0.15) is 62.5 Å². The summed E-state index contributed by atoms with van der Waals surface area (Å²) in [5.41, 5.74) is 1.10. The van der Waals surface area contributed by atoms with E-state index in [1.165, 1.54) is 11.3 Å². The normalized spacial score (nSPS) is 23.8. The van der Waals surface area contributed by atoms with Crippen LogP contribution >= 0.6 is 11.3 Å². The monoisotopic (exact) mass is 487 g/mol. The summed E-state index contributed by atoms with van der Waals surface area (Å²) in [5.74, 6) is -0.162. The van der Waals surface area contributed by atoms with E-state index in [0.29, 0.717) is 38.6 Å². The van der Waals surface area contributed by atoms with E-state index in [4.69, 9.17) is 4.74 Å². The second-order valence-corrected chi connectivity index (χ2v) is 10.8. The van der Waals surface area contributed by atoms with E-state index >= 15 is 0 Å². The van der Waals surface area contributed by atoms with Gasteiger partial charge in [0.25, 0.3) is 11.8 Å². The minimum absolute atomic E-state index is 0.0596. The van der Waals surface area contributed by atoms with Crippen molar-refractivity contribution in [1.29, 1.82) is 0 Å². The van der Waals surface area contributed by atoms with Crippen LogP contribution in [0.5, 0.6) is 0 Å². The van der Waals surface area contributed by atoms with Gasteiger partial charge in [-0.25, -0.2) is 4.79 Å². The van der Waals surface area contributed by atoms with E-state index in [1.54, 1.807) is 6.92 Å². The number of carbonyl (C=O) groups excluding carboxylic acids is 3. The molecule has 1 saturated heterocycles. The first kappa shape index (κ1) is 24.8. The molecule has 0 spiro atoms. The van der Waals surface area contributed by atoms with Gasteiger partial charge in [-0.3, -0.25) is 9.59 Å². The third kappa shape index (κ3) is 5.02. The molecular weight excluding hydrogens is 450 g/mol. The number of fused-ring (bicyclic) bond motifs is 1. The molecule has 0 aromatic carbocycles. The number of amides is 2. The fraction of sp³-hybridized carbons (Fsp3) is 0.654. The lowest BCUT2D eigenvalue weighted by molar-refractivity contribution is -0.145. The number of rotatable bonds is 6. The summed E-state index contributed by atoms with van der Waals surface area (Å²) < 4.78 is 5.41. The predicted molar refractivity (Wildman–Crippen MR) is 132 cm³/mol. The highest BCUT2D eigenvalue weighted by atomic mass is 32.1. The zero-order valence-electron chi connectivity index (χ0n) is 20.6. The van der Waals surface area contributed by atoms with Crippen molar-refractivity contribution < 1.29 is 19.1 Å². The van der Waals surface area contributed by atoms with E-state index in [9.17, 15) is 14.4 Å². The average Bonchev–Trinajstić information content (AvgIpc) is 3.25. The number of thiophene rings is 1. The number of ether oxygens (including phenoxy) is 1. The summed E-state index contributed by atoms with van der Waals surface area (Å²) >= 11 is 1.46. The molecule has 1 saturated carbocycles. The molecule has 2 fully saturated rings. The van der Waals surface area contributed by atoms with Crippen LogP contribution in [0.15, 0.2) is 28.8 Å². The maximum atomic E-state index is 13.8. The molecule has 2 aliphatic heterocycles. The standard InChI is InChI=1S/C26H37N3O4S/c1-4-33-26(32)22-23(27-12-14-28(15-13-27)24(30)21-11-8-16-34-21)19-9-6-5-7-10-20(19)29(25(22)31)17-18(2)3/h8,11,16,18-20H,4-7,9-10,12-15,17H2,1-3H3. The first-order valence-electron chi connectivity index (χ1n) is 12.7. The van der Waals surface area contributed by atoms with Crippen LogP contribution in [-0.4, -0.2) is 77.9 Å².